The molecule has 0 amide bonds. The highest BCUT2D eigenvalue weighted by molar-refractivity contribution is 5.44. The minimum Gasteiger partial charge on any atom is -0.366 e. The van der Waals surface area contributed by atoms with Gasteiger partial charge in [-0.05, 0) is 62.6 Å². The summed E-state index contributed by atoms with van der Waals surface area (Å²) in [6.07, 6.45) is 1.34. The van der Waals surface area contributed by atoms with Crippen molar-refractivity contribution >= 4 is 11.5 Å². The van der Waals surface area contributed by atoms with E-state index in [0.29, 0.717) is 10.3 Å². The quantitative estimate of drug-likeness (QED) is 0.702. The van der Waals surface area contributed by atoms with Crippen LogP contribution in [0, 0.1) is 0 Å². The van der Waals surface area contributed by atoms with Crippen molar-refractivity contribution in [3.05, 3.63) is 45.6 Å². The van der Waals surface area contributed by atoms with Gasteiger partial charge in [0.1, 0.15) is 5.82 Å². The SMILES string of the molecule is O=c1cc2c(nn1C1CCC(Nc3ccc4nnc(C(F)(F)F)n4n3)CC1)CCC2. The summed E-state index contributed by atoms with van der Waals surface area (Å²) < 4.78 is 41.5. The van der Waals surface area contributed by atoms with Crippen molar-refractivity contribution in [2.75, 3.05) is 5.32 Å². The summed E-state index contributed by atoms with van der Waals surface area (Å²) in [6, 6.07) is 4.88. The lowest BCUT2D eigenvalue weighted by Gasteiger charge is -2.30. The van der Waals surface area contributed by atoms with E-state index in [1.807, 2.05) is 0 Å². The van der Waals surface area contributed by atoms with Gasteiger partial charge in [0.15, 0.2) is 5.65 Å². The van der Waals surface area contributed by atoms with Gasteiger partial charge in [-0.15, -0.1) is 15.3 Å². The summed E-state index contributed by atoms with van der Waals surface area (Å²) in [5, 5.41) is 18.5. The molecule has 2 aliphatic rings. The predicted molar refractivity (Wildman–Crippen MR) is 101 cm³/mol. The lowest BCUT2D eigenvalue weighted by Crippen LogP contribution is -2.34. The fraction of sp³-hybridized carbons (Fsp3) is 0.526. The number of alkyl halides is 3. The Bertz CT molecular complexity index is 1150. The minimum atomic E-state index is -4.63. The van der Waals surface area contributed by atoms with Gasteiger partial charge in [0.25, 0.3) is 11.4 Å². The van der Waals surface area contributed by atoms with Crippen LogP contribution >= 0.6 is 0 Å². The molecule has 3 aromatic heterocycles. The summed E-state index contributed by atoms with van der Waals surface area (Å²) in [4.78, 5) is 12.4. The van der Waals surface area contributed by atoms with Crippen LogP contribution in [-0.2, 0) is 19.0 Å². The monoisotopic (exact) mass is 419 g/mol. The topological polar surface area (TPSA) is 90.0 Å². The third-order valence-corrected chi connectivity index (χ3v) is 5.89. The van der Waals surface area contributed by atoms with Crippen LogP contribution in [0.25, 0.3) is 5.65 Å². The van der Waals surface area contributed by atoms with Crippen molar-refractivity contribution in [3.63, 3.8) is 0 Å². The van der Waals surface area contributed by atoms with E-state index >= 15 is 0 Å². The molecule has 0 atom stereocenters. The Morgan fingerprint density at radius 1 is 1.03 bits per heavy atom. The van der Waals surface area contributed by atoms with E-state index < -0.39 is 12.0 Å². The number of fused-ring (bicyclic) bond motifs is 2. The van der Waals surface area contributed by atoms with E-state index in [0.717, 1.165) is 56.2 Å². The molecule has 3 heterocycles. The number of anilines is 1. The second-order valence-corrected chi connectivity index (χ2v) is 7.91. The fourth-order valence-electron chi connectivity index (χ4n) is 4.39. The molecule has 8 nitrogen and oxygen atoms in total. The summed E-state index contributed by atoms with van der Waals surface area (Å²) in [5.74, 6) is -0.809. The van der Waals surface area contributed by atoms with Gasteiger partial charge < -0.3 is 5.32 Å². The molecule has 1 N–H and O–H groups in total. The molecule has 0 aliphatic heterocycles. The summed E-state index contributed by atoms with van der Waals surface area (Å²) in [6.45, 7) is 0. The Balaban J connectivity index is 1.28. The molecule has 11 heteroatoms. The van der Waals surface area contributed by atoms with Crippen LogP contribution in [0.3, 0.4) is 0 Å². The van der Waals surface area contributed by atoms with Gasteiger partial charge in [-0.2, -0.15) is 22.8 Å². The number of hydrogen-bond acceptors (Lipinski definition) is 6. The number of nitrogens with one attached hydrogen (secondary N) is 1. The van der Waals surface area contributed by atoms with E-state index in [9.17, 15) is 18.0 Å². The van der Waals surface area contributed by atoms with Crippen LogP contribution in [0.1, 0.15) is 55.2 Å². The third kappa shape index (κ3) is 3.41. The van der Waals surface area contributed by atoms with Gasteiger partial charge in [0, 0.05) is 12.1 Å². The van der Waals surface area contributed by atoms with Gasteiger partial charge >= 0.3 is 6.18 Å². The molecule has 1 fully saturated rings. The highest BCUT2D eigenvalue weighted by atomic mass is 19.4. The van der Waals surface area contributed by atoms with E-state index in [1.165, 1.54) is 6.07 Å². The van der Waals surface area contributed by atoms with Crippen molar-refractivity contribution in [3.8, 4) is 0 Å². The number of rotatable bonds is 3. The highest BCUT2D eigenvalue weighted by Gasteiger charge is 2.37. The average molecular weight is 419 g/mol. The highest BCUT2D eigenvalue weighted by Crippen LogP contribution is 2.30. The maximum Gasteiger partial charge on any atom is 0.453 e. The van der Waals surface area contributed by atoms with Gasteiger partial charge in [-0.25, -0.2) is 4.68 Å². The Kier molecular flexibility index (Phi) is 4.48. The summed E-state index contributed by atoms with van der Waals surface area (Å²) in [5.41, 5.74) is 2.09. The number of nitrogens with zero attached hydrogens (tertiary/aromatic N) is 6. The average Bonchev–Trinajstić information content (AvgIpc) is 3.33. The lowest BCUT2D eigenvalue weighted by molar-refractivity contribution is -0.146. The first-order valence-electron chi connectivity index (χ1n) is 10.1. The predicted octanol–water partition coefficient (Wildman–Crippen LogP) is 2.78. The lowest BCUT2D eigenvalue weighted by atomic mass is 9.91. The van der Waals surface area contributed by atoms with Crippen LogP contribution in [0.4, 0.5) is 19.0 Å². The Morgan fingerprint density at radius 3 is 2.60 bits per heavy atom. The molecule has 1 saturated carbocycles. The van der Waals surface area contributed by atoms with Crippen LogP contribution < -0.4 is 10.9 Å². The van der Waals surface area contributed by atoms with Crippen LogP contribution in [0.2, 0.25) is 0 Å². The molecule has 0 radical (unpaired) electrons. The fourth-order valence-corrected chi connectivity index (χ4v) is 4.39. The number of aryl methyl sites for hydroxylation is 2. The van der Waals surface area contributed by atoms with E-state index in [4.69, 9.17) is 0 Å². The molecule has 0 aromatic carbocycles. The van der Waals surface area contributed by atoms with E-state index in [1.54, 1.807) is 16.8 Å². The van der Waals surface area contributed by atoms with E-state index in [-0.39, 0.29) is 23.3 Å². The molecule has 0 spiro atoms. The van der Waals surface area contributed by atoms with Crippen LogP contribution in [0.5, 0.6) is 0 Å². The zero-order chi connectivity index (χ0) is 20.9. The molecule has 2 aliphatic carbocycles. The first kappa shape index (κ1) is 19.0. The van der Waals surface area contributed by atoms with Crippen molar-refractivity contribution in [1.82, 2.24) is 29.6 Å². The molecule has 0 bridgehead atoms. The van der Waals surface area contributed by atoms with Gasteiger partial charge in [0.05, 0.1) is 11.7 Å². The van der Waals surface area contributed by atoms with E-state index in [2.05, 4.69) is 25.7 Å². The largest absolute Gasteiger partial charge is 0.453 e. The van der Waals surface area contributed by atoms with Crippen molar-refractivity contribution < 1.29 is 13.2 Å². The van der Waals surface area contributed by atoms with Crippen molar-refractivity contribution in [2.24, 2.45) is 0 Å². The molecular weight excluding hydrogens is 399 g/mol. The molecular formula is C19H20F3N7O. The van der Waals surface area contributed by atoms with Gasteiger partial charge in [0.2, 0.25) is 0 Å². The molecule has 158 valence electrons. The van der Waals surface area contributed by atoms with Crippen LogP contribution in [-0.4, -0.2) is 35.6 Å². The Hall–Kier alpha value is -2.98. The Labute approximate surface area is 169 Å². The zero-order valence-corrected chi connectivity index (χ0v) is 16.1. The van der Waals surface area contributed by atoms with Crippen LogP contribution in [0.15, 0.2) is 23.0 Å². The van der Waals surface area contributed by atoms with Crippen molar-refractivity contribution in [2.45, 2.75) is 63.2 Å². The van der Waals surface area contributed by atoms with Gasteiger partial charge in [-0.1, -0.05) is 0 Å². The van der Waals surface area contributed by atoms with Gasteiger partial charge in [-0.3, -0.25) is 4.79 Å². The normalized spacial score (nSPS) is 21.7. The number of aromatic nitrogens is 6. The molecule has 30 heavy (non-hydrogen) atoms. The Morgan fingerprint density at radius 2 is 1.83 bits per heavy atom. The second kappa shape index (κ2) is 7.06. The number of halogens is 3. The molecule has 5 rings (SSSR count). The first-order chi connectivity index (χ1) is 14.4. The minimum absolute atomic E-state index is 0.0404. The maximum atomic E-state index is 13.0. The molecule has 0 unspecified atom stereocenters. The maximum absolute atomic E-state index is 13.0. The summed E-state index contributed by atoms with van der Waals surface area (Å²) in [7, 11) is 0. The molecule has 0 saturated heterocycles. The molecule has 3 aromatic rings. The first-order valence-corrected chi connectivity index (χ1v) is 10.1. The second-order valence-electron chi connectivity index (χ2n) is 7.91. The standard InChI is InChI=1S/C19H20F3N7O/c20-19(21,22)18-25-24-16-9-8-15(27-29(16)18)23-12-4-6-13(7-5-12)28-17(30)10-11-2-1-3-14(11)26-28/h8-10,12-13H,1-7H2,(H,23,27). The zero-order valence-electron chi connectivity index (χ0n) is 16.1. The smallest absolute Gasteiger partial charge is 0.366 e. The third-order valence-electron chi connectivity index (χ3n) is 5.89. The number of hydrogen-bond donors (Lipinski definition) is 1. The van der Waals surface area contributed by atoms with Crippen molar-refractivity contribution in [1.29, 1.82) is 0 Å². The summed E-state index contributed by atoms with van der Waals surface area (Å²) >= 11 is 0.